The van der Waals surface area contributed by atoms with Crippen LogP contribution >= 0.6 is 0 Å². The van der Waals surface area contributed by atoms with E-state index in [1.165, 1.54) is 0 Å². The van der Waals surface area contributed by atoms with Crippen molar-refractivity contribution in [3.63, 3.8) is 0 Å². The predicted molar refractivity (Wildman–Crippen MR) is 123 cm³/mol. The van der Waals surface area contributed by atoms with Crippen LogP contribution in [-0.4, -0.2) is 46.5 Å². The largest absolute Gasteiger partial charge is 0.353 e. The summed E-state index contributed by atoms with van der Waals surface area (Å²) >= 11 is 0. The van der Waals surface area contributed by atoms with E-state index in [0.29, 0.717) is 37.3 Å². The predicted octanol–water partition coefficient (Wildman–Crippen LogP) is 3.00. The summed E-state index contributed by atoms with van der Waals surface area (Å²) in [7, 11) is 0. The maximum absolute atomic E-state index is 13.3. The lowest BCUT2D eigenvalue weighted by Crippen LogP contribution is -2.50. The van der Waals surface area contributed by atoms with Crippen LogP contribution in [0.25, 0.3) is 0 Å². The normalized spacial score (nSPS) is 14.7. The number of hydrogen-bond acceptors (Lipinski definition) is 5. The minimum atomic E-state index is -0.262. The molecule has 1 aromatic carbocycles. The number of piperazine rings is 1. The van der Waals surface area contributed by atoms with E-state index >= 15 is 0 Å². The van der Waals surface area contributed by atoms with Crippen LogP contribution in [0.3, 0.4) is 0 Å². The average Bonchev–Trinajstić information content (AvgIpc) is 2.84. The maximum atomic E-state index is 13.3. The highest BCUT2D eigenvalue weighted by molar-refractivity contribution is 5.95. The molecular weight excluding hydrogens is 402 g/mol. The second kappa shape index (κ2) is 9.06. The number of pyridine rings is 2. The van der Waals surface area contributed by atoms with Gasteiger partial charge in [0.25, 0.3) is 11.5 Å². The molecule has 7 nitrogen and oxygen atoms in total. The molecule has 1 amide bonds. The van der Waals surface area contributed by atoms with Crippen LogP contribution in [0, 0.1) is 18.3 Å². The minimum absolute atomic E-state index is 0.171. The lowest BCUT2D eigenvalue weighted by atomic mass is 10.1. The second-order valence-electron chi connectivity index (χ2n) is 7.97. The number of rotatable bonds is 4. The number of aromatic nitrogens is 2. The highest BCUT2D eigenvalue weighted by Crippen LogP contribution is 2.19. The second-order valence-corrected chi connectivity index (χ2v) is 7.97. The number of hydrogen-bond donors (Lipinski definition) is 0. The zero-order valence-electron chi connectivity index (χ0n) is 18.2. The fourth-order valence-corrected chi connectivity index (χ4v) is 4.03. The fraction of sp³-hybridized carbons (Fsp3) is 0.280. The Kier molecular flexibility index (Phi) is 6.04. The fourth-order valence-electron chi connectivity index (χ4n) is 4.03. The van der Waals surface area contributed by atoms with Crippen molar-refractivity contribution in [1.29, 1.82) is 5.26 Å². The summed E-state index contributed by atoms with van der Waals surface area (Å²) < 4.78 is 1.63. The molecule has 3 aromatic rings. The quantitative estimate of drug-likeness (QED) is 0.639. The number of amides is 1. The van der Waals surface area contributed by atoms with Gasteiger partial charge in [-0.15, -0.1) is 0 Å². The molecule has 0 N–H and O–H groups in total. The SMILES string of the molecule is Cc1ccn(C(C)c2ccccc2)c(=O)c1C(=O)N1CCN(c2ccc(C#N)cn2)CC1. The maximum Gasteiger partial charge on any atom is 0.264 e. The molecule has 162 valence electrons. The summed E-state index contributed by atoms with van der Waals surface area (Å²) in [6.45, 7) is 6.01. The van der Waals surface area contributed by atoms with Crippen molar-refractivity contribution in [1.82, 2.24) is 14.5 Å². The van der Waals surface area contributed by atoms with Gasteiger partial charge < -0.3 is 14.4 Å². The summed E-state index contributed by atoms with van der Waals surface area (Å²) in [6, 6.07) is 17.1. The van der Waals surface area contributed by atoms with Gasteiger partial charge in [0.2, 0.25) is 0 Å². The lowest BCUT2D eigenvalue weighted by Gasteiger charge is -2.35. The molecule has 0 radical (unpaired) electrons. The molecule has 0 aliphatic carbocycles. The first kappa shape index (κ1) is 21.3. The number of benzene rings is 1. The molecule has 1 aliphatic rings. The third kappa shape index (κ3) is 4.12. The number of nitrogens with zero attached hydrogens (tertiary/aromatic N) is 5. The van der Waals surface area contributed by atoms with Gasteiger partial charge in [0.05, 0.1) is 11.6 Å². The number of aryl methyl sites for hydroxylation is 1. The van der Waals surface area contributed by atoms with Gasteiger partial charge in [-0.1, -0.05) is 30.3 Å². The monoisotopic (exact) mass is 427 g/mol. The van der Waals surface area contributed by atoms with Crippen molar-refractivity contribution < 1.29 is 4.79 Å². The highest BCUT2D eigenvalue weighted by atomic mass is 16.2. The summed E-state index contributed by atoms with van der Waals surface area (Å²) in [6.07, 6.45) is 3.32. The van der Waals surface area contributed by atoms with Gasteiger partial charge in [-0.05, 0) is 43.2 Å². The van der Waals surface area contributed by atoms with Crippen LogP contribution < -0.4 is 10.5 Å². The Labute approximate surface area is 187 Å². The summed E-state index contributed by atoms with van der Waals surface area (Å²) in [5.41, 5.74) is 2.19. The van der Waals surface area contributed by atoms with Crippen molar-refractivity contribution in [3.05, 3.63) is 93.5 Å². The number of anilines is 1. The van der Waals surface area contributed by atoms with Crippen molar-refractivity contribution in [2.75, 3.05) is 31.1 Å². The van der Waals surface area contributed by atoms with E-state index in [-0.39, 0.29) is 23.1 Å². The standard InChI is InChI=1S/C25H25N5O2/c1-18-10-11-30(19(2)21-6-4-3-5-7-21)25(32)23(18)24(31)29-14-12-28(13-15-29)22-9-8-20(16-26)17-27-22/h3-11,17,19H,12-15H2,1-2H3. The van der Waals surface area contributed by atoms with Gasteiger partial charge in [-0.3, -0.25) is 9.59 Å². The molecule has 3 heterocycles. The van der Waals surface area contributed by atoms with Crippen molar-refractivity contribution in [3.8, 4) is 6.07 Å². The van der Waals surface area contributed by atoms with E-state index in [0.717, 1.165) is 11.4 Å². The Bertz CT molecular complexity index is 1200. The Morgan fingerprint density at radius 1 is 1.06 bits per heavy atom. The zero-order valence-corrected chi connectivity index (χ0v) is 18.2. The van der Waals surface area contributed by atoms with Gasteiger partial charge in [-0.2, -0.15) is 5.26 Å². The lowest BCUT2D eigenvalue weighted by molar-refractivity contribution is 0.0743. The molecule has 1 unspecified atom stereocenters. The first-order valence-corrected chi connectivity index (χ1v) is 10.7. The molecule has 1 aliphatic heterocycles. The van der Waals surface area contributed by atoms with E-state index < -0.39 is 0 Å². The summed E-state index contributed by atoms with van der Waals surface area (Å²) in [5.74, 6) is 0.556. The molecule has 2 aromatic heterocycles. The molecule has 32 heavy (non-hydrogen) atoms. The van der Waals surface area contributed by atoms with Crippen LogP contribution in [0.1, 0.15) is 40.0 Å². The Balaban J connectivity index is 1.52. The molecular formula is C25H25N5O2. The zero-order chi connectivity index (χ0) is 22.7. The first-order chi connectivity index (χ1) is 15.5. The molecule has 1 saturated heterocycles. The van der Waals surface area contributed by atoms with Gasteiger partial charge in [-0.25, -0.2) is 4.98 Å². The molecule has 1 fully saturated rings. The van der Waals surface area contributed by atoms with Gasteiger partial charge in [0.1, 0.15) is 17.5 Å². The third-order valence-corrected chi connectivity index (χ3v) is 6.01. The number of nitriles is 1. The van der Waals surface area contributed by atoms with E-state index in [9.17, 15) is 9.59 Å². The van der Waals surface area contributed by atoms with Crippen LogP contribution in [0.4, 0.5) is 5.82 Å². The minimum Gasteiger partial charge on any atom is -0.353 e. The van der Waals surface area contributed by atoms with Crippen LogP contribution in [0.5, 0.6) is 0 Å². The Morgan fingerprint density at radius 3 is 2.41 bits per heavy atom. The van der Waals surface area contributed by atoms with Crippen LogP contribution in [-0.2, 0) is 0 Å². The molecule has 0 bridgehead atoms. The van der Waals surface area contributed by atoms with E-state index in [2.05, 4.69) is 16.0 Å². The van der Waals surface area contributed by atoms with E-state index in [1.54, 1.807) is 27.9 Å². The van der Waals surface area contributed by atoms with Crippen molar-refractivity contribution in [2.24, 2.45) is 0 Å². The Hall–Kier alpha value is -3.92. The average molecular weight is 428 g/mol. The number of carbonyl (C=O) groups excluding carboxylic acids is 1. The molecule has 4 rings (SSSR count). The summed E-state index contributed by atoms with van der Waals surface area (Å²) in [5, 5.41) is 8.93. The third-order valence-electron chi connectivity index (χ3n) is 6.01. The van der Waals surface area contributed by atoms with E-state index in [1.807, 2.05) is 56.3 Å². The van der Waals surface area contributed by atoms with Crippen molar-refractivity contribution >= 4 is 11.7 Å². The molecule has 1 atom stereocenters. The first-order valence-electron chi connectivity index (χ1n) is 10.7. The molecule has 0 saturated carbocycles. The smallest absolute Gasteiger partial charge is 0.264 e. The van der Waals surface area contributed by atoms with Crippen LogP contribution in [0.2, 0.25) is 0 Å². The van der Waals surface area contributed by atoms with Crippen molar-refractivity contribution in [2.45, 2.75) is 19.9 Å². The van der Waals surface area contributed by atoms with E-state index in [4.69, 9.17) is 5.26 Å². The highest BCUT2D eigenvalue weighted by Gasteiger charge is 2.27. The molecule has 7 heteroatoms. The topological polar surface area (TPSA) is 82.2 Å². The number of carbonyl (C=O) groups is 1. The Morgan fingerprint density at radius 2 is 1.78 bits per heavy atom. The van der Waals surface area contributed by atoms with Gasteiger partial charge in [0, 0.05) is 38.6 Å². The van der Waals surface area contributed by atoms with Gasteiger partial charge in [0.15, 0.2) is 0 Å². The molecule has 0 spiro atoms. The van der Waals surface area contributed by atoms with Crippen LogP contribution in [0.15, 0.2) is 65.7 Å². The summed E-state index contributed by atoms with van der Waals surface area (Å²) in [4.78, 5) is 34.8. The van der Waals surface area contributed by atoms with Gasteiger partial charge >= 0.3 is 0 Å².